The smallest absolute Gasteiger partial charge is 0.144 e. The summed E-state index contributed by atoms with van der Waals surface area (Å²) in [6.45, 7) is 0. The lowest BCUT2D eigenvalue weighted by Gasteiger charge is -2.15. The van der Waals surface area contributed by atoms with Crippen LogP contribution >= 0.6 is 0 Å². The molecule has 6 nitrogen and oxygen atoms in total. The molecular formula is C36H10F4N6. The van der Waals surface area contributed by atoms with Crippen molar-refractivity contribution in [3.63, 3.8) is 0 Å². The first-order valence-electron chi connectivity index (χ1n) is 13.1. The molecule has 0 radical (unpaired) electrons. The van der Waals surface area contributed by atoms with Gasteiger partial charge in [0.25, 0.3) is 0 Å². The molecule has 4 aromatic carbocycles. The Morgan fingerprint density at radius 1 is 0.413 bits per heavy atom. The van der Waals surface area contributed by atoms with Crippen molar-refractivity contribution >= 4 is 22.3 Å². The summed E-state index contributed by atoms with van der Waals surface area (Å²) in [7, 11) is 0. The first kappa shape index (κ1) is 28.9. The fourth-order valence-electron chi connectivity index (χ4n) is 5.84. The van der Waals surface area contributed by atoms with Crippen molar-refractivity contribution in [1.29, 1.82) is 31.6 Å². The third-order valence-corrected chi connectivity index (χ3v) is 7.79. The molecule has 2 aliphatic carbocycles. The molecule has 0 bridgehead atoms. The average Bonchev–Trinajstić information content (AvgIpc) is 3.54. The van der Waals surface area contributed by atoms with Crippen LogP contribution in [0.5, 0.6) is 0 Å². The summed E-state index contributed by atoms with van der Waals surface area (Å²) in [6.07, 6.45) is 0. The number of halogens is 4. The Labute approximate surface area is 258 Å². The summed E-state index contributed by atoms with van der Waals surface area (Å²) in [5.74, 6) is -4.32. The van der Waals surface area contributed by atoms with Crippen LogP contribution in [0, 0.1) is 91.3 Å². The quantitative estimate of drug-likeness (QED) is 0.169. The second-order valence-corrected chi connectivity index (χ2v) is 10.1. The van der Waals surface area contributed by atoms with E-state index < -0.39 is 34.4 Å². The van der Waals surface area contributed by atoms with Crippen LogP contribution in [0.4, 0.5) is 17.6 Å². The minimum atomic E-state index is -1.08. The van der Waals surface area contributed by atoms with Gasteiger partial charge in [0.1, 0.15) is 82.0 Å². The minimum absolute atomic E-state index is 0.0751. The van der Waals surface area contributed by atoms with Crippen molar-refractivity contribution in [3.8, 4) is 58.7 Å². The fraction of sp³-hybridized carbons (Fsp3) is 0. The molecule has 6 rings (SSSR count). The van der Waals surface area contributed by atoms with Crippen molar-refractivity contribution in [2.75, 3.05) is 0 Å². The van der Waals surface area contributed by atoms with Gasteiger partial charge in [-0.15, -0.1) is 0 Å². The van der Waals surface area contributed by atoms with Crippen LogP contribution in [-0.2, 0) is 0 Å². The summed E-state index contributed by atoms with van der Waals surface area (Å²) in [5, 5.41) is 57.9. The van der Waals surface area contributed by atoms with Crippen molar-refractivity contribution in [1.82, 2.24) is 0 Å². The van der Waals surface area contributed by atoms with Gasteiger partial charge in [0, 0.05) is 22.3 Å². The van der Waals surface area contributed by atoms with Crippen LogP contribution in [0.3, 0.4) is 0 Å². The third kappa shape index (κ3) is 4.12. The highest BCUT2D eigenvalue weighted by molar-refractivity contribution is 6.38. The number of benzene rings is 4. The van der Waals surface area contributed by atoms with Crippen LogP contribution in [0.2, 0.25) is 0 Å². The predicted octanol–water partition coefficient (Wildman–Crippen LogP) is 7.86. The van der Waals surface area contributed by atoms with E-state index >= 15 is 0 Å². The van der Waals surface area contributed by atoms with Crippen molar-refractivity contribution in [2.24, 2.45) is 0 Å². The summed E-state index contributed by atoms with van der Waals surface area (Å²) in [6, 6.07) is 23.5. The summed E-state index contributed by atoms with van der Waals surface area (Å²) in [5.41, 5.74) is 0.958. The van der Waals surface area contributed by atoms with E-state index in [0.717, 1.165) is 24.3 Å². The third-order valence-electron chi connectivity index (χ3n) is 7.79. The van der Waals surface area contributed by atoms with E-state index in [1.54, 1.807) is 0 Å². The van der Waals surface area contributed by atoms with E-state index in [1.165, 1.54) is 48.5 Å². The Bertz CT molecular complexity index is 2230. The molecule has 0 saturated heterocycles. The Balaban J connectivity index is 1.69. The van der Waals surface area contributed by atoms with Crippen LogP contribution in [0.1, 0.15) is 33.4 Å². The Morgan fingerprint density at radius 2 is 0.739 bits per heavy atom. The maximum Gasteiger partial charge on any atom is 0.144 e. The zero-order chi connectivity index (χ0) is 32.9. The molecule has 212 valence electrons. The first-order chi connectivity index (χ1) is 22.2. The molecule has 0 N–H and O–H groups in total. The number of rotatable bonds is 2. The molecule has 0 saturated carbocycles. The van der Waals surface area contributed by atoms with Gasteiger partial charge in [-0.1, -0.05) is 24.3 Å². The molecule has 46 heavy (non-hydrogen) atoms. The number of hydrogen-bond acceptors (Lipinski definition) is 6. The van der Waals surface area contributed by atoms with Gasteiger partial charge >= 0.3 is 0 Å². The molecule has 0 heterocycles. The Kier molecular flexibility index (Phi) is 6.77. The van der Waals surface area contributed by atoms with E-state index in [4.69, 9.17) is 10.5 Å². The summed E-state index contributed by atoms with van der Waals surface area (Å²) >= 11 is 0. The maximum atomic E-state index is 14.6. The number of hydrogen-bond donors (Lipinski definition) is 0. The van der Waals surface area contributed by atoms with E-state index in [9.17, 15) is 38.6 Å². The van der Waals surface area contributed by atoms with E-state index in [2.05, 4.69) is 0 Å². The first-order valence-corrected chi connectivity index (χ1v) is 13.1. The second-order valence-electron chi connectivity index (χ2n) is 10.1. The van der Waals surface area contributed by atoms with Gasteiger partial charge in [-0.25, -0.2) is 17.6 Å². The van der Waals surface area contributed by atoms with Crippen molar-refractivity contribution in [2.45, 2.75) is 0 Å². The molecule has 0 unspecified atom stereocenters. The molecule has 0 atom stereocenters. The normalized spacial score (nSPS) is 12.0. The molecule has 4 aromatic rings. The van der Waals surface area contributed by atoms with Gasteiger partial charge in [0.2, 0.25) is 0 Å². The minimum Gasteiger partial charge on any atom is -0.205 e. The van der Waals surface area contributed by atoms with E-state index in [0.29, 0.717) is 44.5 Å². The molecule has 10 heteroatoms. The largest absolute Gasteiger partial charge is 0.205 e. The molecule has 0 aliphatic heterocycles. The van der Waals surface area contributed by atoms with Gasteiger partial charge in [0.15, 0.2) is 0 Å². The Hall–Kier alpha value is -7.24. The molecule has 0 spiro atoms. The average molecular weight is 603 g/mol. The van der Waals surface area contributed by atoms with E-state index in [1.807, 2.05) is 24.3 Å². The standard InChI is InChI=1S/C36H10F4N6/c37-29-7-19(8-30(38)27(29)15-45)17-1-3-23-25(5-17)35-34(22(13-43)14-44)24-4-2-18(20-9-31(39)28(16-46)32(40)10-20)6-26(24)36(35)33(23)21(11-41)12-42/h1-10H. The van der Waals surface area contributed by atoms with E-state index in [-0.39, 0.29) is 33.4 Å². The summed E-state index contributed by atoms with van der Waals surface area (Å²) < 4.78 is 58.2. The Morgan fingerprint density at radius 3 is 1.02 bits per heavy atom. The van der Waals surface area contributed by atoms with Gasteiger partial charge in [-0.05, 0) is 80.9 Å². The molecule has 0 fully saturated rings. The number of fused-ring (bicyclic) bond motifs is 4. The van der Waals surface area contributed by atoms with Crippen LogP contribution in [0.25, 0.3) is 44.5 Å². The van der Waals surface area contributed by atoms with Gasteiger partial charge in [0.05, 0.1) is 0 Å². The van der Waals surface area contributed by atoms with Gasteiger partial charge < -0.3 is 0 Å². The molecular weight excluding hydrogens is 592 g/mol. The highest BCUT2D eigenvalue weighted by Gasteiger charge is 2.40. The SMILES string of the molecule is N#CC(C#N)=C1C2=C(C(=C(C#N)C#N)c3ccc(-c4cc(F)c(C#N)c(F)c4)cc32)c2cc(-c3cc(F)c(C#N)c(F)c3)ccc21. The lowest BCUT2D eigenvalue weighted by molar-refractivity contribution is 0.577. The van der Waals surface area contributed by atoms with Crippen LogP contribution in [-0.4, -0.2) is 0 Å². The topological polar surface area (TPSA) is 143 Å². The highest BCUT2D eigenvalue weighted by Crippen LogP contribution is 2.59. The van der Waals surface area contributed by atoms with Crippen LogP contribution in [0.15, 0.2) is 71.8 Å². The van der Waals surface area contributed by atoms with Gasteiger partial charge in [-0.2, -0.15) is 31.6 Å². The lowest BCUT2D eigenvalue weighted by Crippen LogP contribution is -1.98. The fourth-order valence-corrected chi connectivity index (χ4v) is 5.84. The number of nitrogens with zero attached hydrogens (tertiary/aromatic N) is 6. The maximum absolute atomic E-state index is 14.6. The summed E-state index contributed by atoms with van der Waals surface area (Å²) in [4.78, 5) is 0. The molecule has 2 aliphatic rings. The van der Waals surface area contributed by atoms with Crippen LogP contribution < -0.4 is 0 Å². The van der Waals surface area contributed by atoms with Gasteiger partial charge in [-0.3, -0.25) is 0 Å². The van der Waals surface area contributed by atoms with Crippen molar-refractivity contribution < 1.29 is 17.6 Å². The molecule has 0 aromatic heterocycles. The second kappa shape index (κ2) is 10.8. The number of nitriles is 6. The lowest BCUT2D eigenvalue weighted by atomic mass is 9.87. The number of allylic oxidation sites excluding steroid dienone is 6. The molecule has 0 amide bonds. The zero-order valence-electron chi connectivity index (χ0n) is 23.0. The predicted molar refractivity (Wildman–Crippen MR) is 156 cm³/mol. The van der Waals surface area contributed by atoms with Crippen molar-refractivity contribution in [3.05, 3.63) is 128 Å². The highest BCUT2D eigenvalue weighted by atomic mass is 19.1. The monoisotopic (exact) mass is 602 g/mol. The zero-order valence-corrected chi connectivity index (χ0v) is 23.0.